The summed E-state index contributed by atoms with van der Waals surface area (Å²) in [6, 6.07) is 5.93. The van der Waals surface area contributed by atoms with Gasteiger partial charge < -0.3 is 20.5 Å². The largest absolute Gasteiger partial charge is 0.399 e. The molecule has 0 radical (unpaired) electrons. The van der Waals surface area contributed by atoms with Gasteiger partial charge in [0.25, 0.3) is 0 Å². The molecule has 1 aromatic carbocycles. The van der Waals surface area contributed by atoms with E-state index >= 15 is 0 Å². The monoisotopic (exact) mass is 222 g/mol. The van der Waals surface area contributed by atoms with Gasteiger partial charge in [-0.1, -0.05) is 0 Å². The Morgan fingerprint density at radius 3 is 3.00 bits per heavy atom. The van der Waals surface area contributed by atoms with Crippen LogP contribution in [-0.2, 0) is 9.47 Å². The zero-order chi connectivity index (χ0) is 11.4. The van der Waals surface area contributed by atoms with Gasteiger partial charge in [0.05, 0.1) is 25.9 Å². The molecule has 1 aliphatic heterocycles. The summed E-state index contributed by atoms with van der Waals surface area (Å²) in [4.78, 5) is 0. The van der Waals surface area contributed by atoms with Crippen molar-refractivity contribution in [2.24, 2.45) is 0 Å². The lowest BCUT2D eigenvalue weighted by Crippen LogP contribution is -2.34. The van der Waals surface area contributed by atoms with Crippen LogP contribution in [0.25, 0.3) is 0 Å². The van der Waals surface area contributed by atoms with Crippen LogP contribution in [0.5, 0.6) is 0 Å². The lowest BCUT2D eigenvalue weighted by Gasteiger charge is -2.23. The Morgan fingerprint density at radius 2 is 2.31 bits per heavy atom. The molecule has 0 aliphatic carbocycles. The van der Waals surface area contributed by atoms with Gasteiger partial charge in [0.15, 0.2) is 0 Å². The lowest BCUT2D eigenvalue weighted by atomic mass is 10.2. The Bertz CT molecular complexity index is 349. The summed E-state index contributed by atoms with van der Waals surface area (Å²) in [5.41, 5.74) is 8.74. The van der Waals surface area contributed by atoms with Crippen molar-refractivity contribution in [3.05, 3.63) is 23.8 Å². The van der Waals surface area contributed by atoms with Gasteiger partial charge in [0.2, 0.25) is 0 Å². The molecule has 4 heteroatoms. The van der Waals surface area contributed by atoms with Crippen LogP contribution in [0.2, 0.25) is 0 Å². The average molecular weight is 222 g/mol. The van der Waals surface area contributed by atoms with Crippen molar-refractivity contribution in [2.45, 2.75) is 13.0 Å². The van der Waals surface area contributed by atoms with E-state index in [-0.39, 0.29) is 6.10 Å². The maximum Gasteiger partial charge on any atom is 0.0981 e. The first-order valence-electron chi connectivity index (χ1n) is 5.55. The van der Waals surface area contributed by atoms with E-state index in [1.165, 1.54) is 0 Å². The minimum absolute atomic E-state index is 0.145. The highest BCUT2D eigenvalue weighted by Gasteiger charge is 2.13. The standard InChI is InChI=1S/C12H18N2O2/c1-9-6-10(2-3-12(9)13)14-7-11-8-15-4-5-16-11/h2-3,6,11,14H,4-5,7-8,13H2,1H3. The van der Waals surface area contributed by atoms with E-state index in [9.17, 15) is 0 Å². The molecular weight excluding hydrogens is 204 g/mol. The van der Waals surface area contributed by atoms with E-state index in [1.807, 2.05) is 25.1 Å². The molecule has 4 nitrogen and oxygen atoms in total. The topological polar surface area (TPSA) is 56.5 Å². The molecular formula is C12H18N2O2. The number of aryl methyl sites for hydroxylation is 1. The number of hydrogen-bond donors (Lipinski definition) is 2. The molecule has 16 heavy (non-hydrogen) atoms. The van der Waals surface area contributed by atoms with Crippen LogP contribution >= 0.6 is 0 Å². The summed E-state index contributed by atoms with van der Waals surface area (Å²) >= 11 is 0. The molecule has 0 saturated carbocycles. The van der Waals surface area contributed by atoms with Crippen LogP contribution in [0.15, 0.2) is 18.2 Å². The average Bonchev–Trinajstić information content (AvgIpc) is 2.32. The second-order valence-corrected chi connectivity index (χ2v) is 4.02. The number of nitrogens with two attached hydrogens (primary N) is 1. The fourth-order valence-electron chi connectivity index (χ4n) is 1.67. The zero-order valence-electron chi connectivity index (χ0n) is 9.53. The van der Waals surface area contributed by atoms with Crippen LogP contribution in [0.1, 0.15) is 5.56 Å². The number of benzene rings is 1. The smallest absolute Gasteiger partial charge is 0.0981 e. The third kappa shape index (κ3) is 2.87. The van der Waals surface area contributed by atoms with Crippen molar-refractivity contribution in [3.8, 4) is 0 Å². The normalized spacial score (nSPS) is 20.7. The van der Waals surface area contributed by atoms with Crippen LogP contribution in [0, 0.1) is 6.92 Å². The van der Waals surface area contributed by atoms with E-state index in [0.29, 0.717) is 19.8 Å². The number of hydrogen-bond acceptors (Lipinski definition) is 4. The highest BCUT2D eigenvalue weighted by Crippen LogP contribution is 2.16. The zero-order valence-corrected chi connectivity index (χ0v) is 9.53. The third-order valence-electron chi connectivity index (χ3n) is 2.69. The van der Waals surface area contributed by atoms with Crippen molar-refractivity contribution in [2.75, 3.05) is 37.4 Å². The number of anilines is 2. The predicted octanol–water partition coefficient (Wildman–Crippen LogP) is 1.40. The fourth-order valence-corrected chi connectivity index (χ4v) is 1.67. The molecule has 0 bridgehead atoms. The molecule has 1 heterocycles. The van der Waals surface area contributed by atoms with Gasteiger partial charge in [0.1, 0.15) is 0 Å². The molecule has 88 valence electrons. The Hall–Kier alpha value is -1.26. The Labute approximate surface area is 95.7 Å². The lowest BCUT2D eigenvalue weighted by molar-refractivity contribution is -0.0818. The summed E-state index contributed by atoms with van der Waals surface area (Å²) in [6.45, 7) is 4.83. The second-order valence-electron chi connectivity index (χ2n) is 4.02. The van der Waals surface area contributed by atoms with Crippen molar-refractivity contribution < 1.29 is 9.47 Å². The fraction of sp³-hybridized carbons (Fsp3) is 0.500. The first kappa shape index (κ1) is 11.2. The Kier molecular flexibility index (Phi) is 3.64. The van der Waals surface area contributed by atoms with E-state index in [1.54, 1.807) is 0 Å². The van der Waals surface area contributed by atoms with Gasteiger partial charge >= 0.3 is 0 Å². The molecule has 0 aromatic heterocycles. The van der Waals surface area contributed by atoms with E-state index in [4.69, 9.17) is 15.2 Å². The van der Waals surface area contributed by atoms with Crippen LogP contribution in [-0.4, -0.2) is 32.5 Å². The summed E-state index contributed by atoms with van der Waals surface area (Å²) < 4.78 is 10.9. The highest BCUT2D eigenvalue weighted by atomic mass is 16.6. The molecule has 0 amide bonds. The van der Waals surface area contributed by atoms with Gasteiger partial charge in [-0.3, -0.25) is 0 Å². The Morgan fingerprint density at radius 1 is 1.44 bits per heavy atom. The van der Waals surface area contributed by atoms with Gasteiger partial charge in [0, 0.05) is 17.9 Å². The third-order valence-corrected chi connectivity index (χ3v) is 2.69. The Balaban J connectivity index is 1.86. The van der Waals surface area contributed by atoms with E-state index in [2.05, 4.69) is 5.32 Å². The second kappa shape index (κ2) is 5.18. The van der Waals surface area contributed by atoms with Crippen molar-refractivity contribution >= 4 is 11.4 Å². The maximum atomic E-state index is 5.76. The predicted molar refractivity (Wildman–Crippen MR) is 64.6 cm³/mol. The summed E-state index contributed by atoms with van der Waals surface area (Å²) in [5.74, 6) is 0. The van der Waals surface area contributed by atoms with Crippen LogP contribution in [0.4, 0.5) is 11.4 Å². The quantitative estimate of drug-likeness (QED) is 0.759. The van der Waals surface area contributed by atoms with Crippen molar-refractivity contribution in [1.82, 2.24) is 0 Å². The number of rotatable bonds is 3. The first-order chi connectivity index (χ1) is 7.75. The van der Waals surface area contributed by atoms with E-state index in [0.717, 1.165) is 23.5 Å². The number of nitrogen functional groups attached to an aromatic ring is 1. The van der Waals surface area contributed by atoms with Crippen molar-refractivity contribution in [3.63, 3.8) is 0 Å². The molecule has 1 aliphatic rings. The van der Waals surface area contributed by atoms with Crippen LogP contribution < -0.4 is 11.1 Å². The number of ether oxygens (including phenoxy) is 2. The molecule has 1 saturated heterocycles. The minimum Gasteiger partial charge on any atom is -0.399 e. The van der Waals surface area contributed by atoms with E-state index < -0.39 is 0 Å². The highest BCUT2D eigenvalue weighted by molar-refractivity contribution is 5.56. The minimum atomic E-state index is 0.145. The van der Waals surface area contributed by atoms with Crippen LogP contribution in [0.3, 0.4) is 0 Å². The molecule has 1 aromatic rings. The molecule has 1 fully saturated rings. The van der Waals surface area contributed by atoms with Gasteiger partial charge in [-0.25, -0.2) is 0 Å². The molecule has 1 atom stereocenters. The molecule has 3 N–H and O–H groups in total. The summed E-state index contributed by atoms with van der Waals surface area (Å²) in [7, 11) is 0. The van der Waals surface area contributed by atoms with Gasteiger partial charge in [-0.15, -0.1) is 0 Å². The first-order valence-corrected chi connectivity index (χ1v) is 5.55. The molecule has 0 spiro atoms. The maximum absolute atomic E-state index is 5.76. The van der Waals surface area contributed by atoms with Gasteiger partial charge in [-0.05, 0) is 30.7 Å². The molecule has 1 unspecified atom stereocenters. The summed E-state index contributed by atoms with van der Waals surface area (Å²) in [5, 5.41) is 3.32. The number of nitrogens with one attached hydrogen (secondary N) is 1. The SMILES string of the molecule is Cc1cc(NCC2COCCO2)ccc1N. The van der Waals surface area contributed by atoms with Crippen molar-refractivity contribution in [1.29, 1.82) is 0 Å². The van der Waals surface area contributed by atoms with Gasteiger partial charge in [-0.2, -0.15) is 0 Å². The molecule has 2 rings (SSSR count). The summed E-state index contributed by atoms with van der Waals surface area (Å²) in [6.07, 6.45) is 0.145.